The third-order valence-corrected chi connectivity index (χ3v) is 5.41. The second-order valence-corrected chi connectivity index (χ2v) is 7.75. The number of fused-ring (bicyclic) bond motifs is 1. The number of carbonyl (C=O) groups excluding carboxylic acids is 2. The maximum absolute atomic E-state index is 12.8. The summed E-state index contributed by atoms with van der Waals surface area (Å²) < 4.78 is 7.27. The zero-order valence-electron chi connectivity index (χ0n) is 18.6. The average molecular weight is 442 g/mol. The van der Waals surface area contributed by atoms with Gasteiger partial charge in [0.25, 0.3) is 0 Å². The van der Waals surface area contributed by atoms with E-state index in [-0.39, 0.29) is 18.9 Å². The highest BCUT2D eigenvalue weighted by Crippen LogP contribution is 2.22. The Morgan fingerprint density at radius 3 is 2.33 bits per heavy atom. The first-order chi connectivity index (χ1) is 16.2. The minimum atomic E-state index is -0.729. The molecule has 1 heterocycles. The number of nitrogens with one attached hydrogen (secondary N) is 1. The molecule has 0 aliphatic carbocycles. The molecule has 1 atom stereocenters. The molecule has 1 amide bonds. The summed E-state index contributed by atoms with van der Waals surface area (Å²) in [6, 6.07) is 26.8. The smallest absolute Gasteiger partial charge is 0.328 e. The van der Waals surface area contributed by atoms with Crippen LogP contribution >= 0.6 is 0 Å². The summed E-state index contributed by atoms with van der Waals surface area (Å²) in [4.78, 5) is 30.1. The van der Waals surface area contributed by atoms with E-state index in [2.05, 4.69) is 9.88 Å². The number of hydrogen-bond donors (Lipinski definition) is 1. The Morgan fingerprint density at radius 2 is 1.61 bits per heavy atom. The van der Waals surface area contributed by atoms with Gasteiger partial charge in [-0.2, -0.15) is 0 Å². The fourth-order valence-corrected chi connectivity index (χ4v) is 3.89. The second-order valence-electron chi connectivity index (χ2n) is 7.75. The van der Waals surface area contributed by atoms with Gasteiger partial charge < -0.3 is 10.1 Å². The fraction of sp³-hybridized carbons (Fsp3) is 0.222. The van der Waals surface area contributed by atoms with Gasteiger partial charge in [0.15, 0.2) is 0 Å². The molecule has 0 saturated carbocycles. The number of ether oxygens (including phenoxy) is 1. The van der Waals surface area contributed by atoms with Gasteiger partial charge in [0.2, 0.25) is 5.91 Å². The number of hydrogen-bond acceptors (Lipinski definition) is 4. The van der Waals surface area contributed by atoms with Crippen molar-refractivity contribution in [2.45, 2.75) is 32.2 Å². The van der Waals surface area contributed by atoms with Crippen LogP contribution in [-0.4, -0.2) is 34.1 Å². The van der Waals surface area contributed by atoms with E-state index in [9.17, 15) is 9.59 Å². The Hall–Kier alpha value is -3.93. The van der Waals surface area contributed by atoms with E-state index in [1.165, 1.54) is 0 Å². The molecule has 1 aromatic heterocycles. The Labute approximate surface area is 193 Å². The Bertz CT molecular complexity index is 1220. The number of aryl methyl sites for hydroxylation is 1. The lowest BCUT2D eigenvalue weighted by molar-refractivity contribution is -0.147. The monoisotopic (exact) mass is 441 g/mol. The third kappa shape index (κ3) is 5.47. The molecule has 0 bridgehead atoms. The Balaban J connectivity index is 1.50. The van der Waals surface area contributed by atoms with E-state index in [0.29, 0.717) is 12.8 Å². The summed E-state index contributed by atoms with van der Waals surface area (Å²) in [5.74, 6) is 0.162. The van der Waals surface area contributed by atoms with E-state index in [1.54, 1.807) is 6.92 Å². The number of carbonyl (C=O) groups is 2. The normalized spacial score (nSPS) is 11.8. The summed E-state index contributed by atoms with van der Waals surface area (Å²) in [5.41, 5.74) is 3.83. The van der Waals surface area contributed by atoms with Gasteiger partial charge in [-0.3, -0.25) is 9.36 Å². The molecule has 1 N–H and O–H groups in total. The minimum Gasteiger partial charge on any atom is -0.464 e. The Morgan fingerprint density at radius 1 is 0.939 bits per heavy atom. The van der Waals surface area contributed by atoms with Gasteiger partial charge >= 0.3 is 5.97 Å². The number of rotatable bonds is 9. The lowest BCUT2D eigenvalue weighted by Gasteiger charge is -2.17. The molecule has 4 aromatic rings. The van der Waals surface area contributed by atoms with Crippen molar-refractivity contribution < 1.29 is 14.3 Å². The standard InChI is InChI=1S/C27H27N3O3/c1-2-33-27(32)23(19-20-11-5-3-6-12-20)29-26(31)18-17-25-28-22-15-9-10-16-24(22)30(25)21-13-7-4-8-14-21/h3-16,23H,2,17-19H2,1H3,(H,29,31). The van der Waals surface area contributed by atoms with Crippen LogP contribution in [0.4, 0.5) is 0 Å². The summed E-state index contributed by atoms with van der Waals surface area (Å²) in [7, 11) is 0. The van der Waals surface area contributed by atoms with Crippen molar-refractivity contribution in [1.29, 1.82) is 0 Å². The lowest BCUT2D eigenvalue weighted by atomic mass is 10.1. The molecule has 6 nitrogen and oxygen atoms in total. The quantitative estimate of drug-likeness (QED) is 0.394. The predicted octanol–water partition coefficient (Wildman–Crippen LogP) is 4.25. The van der Waals surface area contributed by atoms with Crippen molar-refractivity contribution in [1.82, 2.24) is 14.9 Å². The van der Waals surface area contributed by atoms with Gasteiger partial charge in [0, 0.05) is 24.9 Å². The number of imidazole rings is 1. The number of benzene rings is 3. The minimum absolute atomic E-state index is 0.209. The second kappa shape index (κ2) is 10.6. The zero-order valence-corrected chi connectivity index (χ0v) is 18.6. The molecule has 0 aliphatic rings. The zero-order chi connectivity index (χ0) is 23.0. The summed E-state index contributed by atoms with van der Waals surface area (Å²) in [6.45, 7) is 2.02. The maximum Gasteiger partial charge on any atom is 0.328 e. The first kappa shape index (κ1) is 22.3. The van der Waals surface area contributed by atoms with Gasteiger partial charge in [0.1, 0.15) is 11.9 Å². The van der Waals surface area contributed by atoms with Gasteiger partial charge in [-0.1, -0.05) is 60.7 Å². The molecule has 0 aliphatic heterocycles. The number of esters is 1. The number of para-hydroxylation sites is 3. The maximum atomic E-state index is 12.8. The Kier molecular flexibility index (Phi) is 7.15. The highest BCUT2D eigenvalue weighted by atomic mass is 16.5. The molecule has 0 spiro atoms. The van der Waals surface area contributed by atoms with Crippen LogP contribution in [0.1, 0.15) is 24.7 Å². The third-order valence-electron chi connectivity index (χ3n) is 5.41. The van der Waals surface area contributed by atoms with Crippen LogP contribution in [0, 0.1) is 0 Å². The molecular weight excluding hydrogens is 414 g/mol. The highest BCUT2D eigenvalue weighted by Gasteiger charge is 2.23. The molecule has 3 aromatic carbocycles. The van der Waals surface area contributed by atoms with Gasteiger partial charge in [-0.05, 0) is 36.8 Å². The van der Waals surface area contributed by atoms with E-state index < -0.39 is 12.0 Å². The van der Waals surface area contributed by atoms with Gasteiger partial charge in [-0.25, -0.2) is 9.78 Å². The van der Waals surface area contributed by atoms with Crippen LogP contribution < -0.4 is 5.32 Å². The summed E-state index contributed by atoms with van der Waals surface area (Å²) in [5, 5.41) is 2.86. The molecule has 4 rings (SSSR count). The molecule has 33 heavy (non-hydrogen) atoms. The van der Waals surface area contributed by atoms with Crippen LogP contribution in [0.25, 0.3) is 16.7 Å². The van der Waals surface area contributed by atoms with Crippen molar-refractivity contribution in [3.05, 3.63) is 96.3 Å². The van der Waals surface area contributed by atoms with Gasteiger partial charge in [-0.15, -0.1) is 0 Å². The molecule has 0 radical (unpaired) electrons. The van der Waals surface area contributed by atoms with Crippen molar-refractivity contribution in [2.24, 2.45) is 0 Å². The van der Waals surface area contributed by atoms with Crippen LogP contribution in [0.2, 0.25) is 0 Å². The van der Waals surface area contributed by atoms with Crippen LogP contribution in [0.5, 0.6) is 0 Å². The predicted molar refractivity (Wildman–Crippen MR) is 128 cm³/mol. The van der Waals surface area contributed by atoms with E-state index in [0.717, 1.165) is 28.1 Å². The summed E-state index contributed by atoms with van der Waals surface area (Å²) in [6.07, 6.45) is 1.03. The van der Waals surface area contributed by atoms with Crippen molar-refractivity contribution >= 4 is 22.9 Å². The average Bonchev–Trinajstić information content (AvgIpc) is 3.22. The fourth-order valence-electron chi connectivity index (χ4n) is 3.89. The highest BCUT2D eigenvalue weighted by molar-refractivity contribution is 5.85. The number of nitrogens with zero attached hydrogens (tertiary/aromatic N) is 2. The molecule has 168 valence electrons. The van der Waals surface area contributed by atoms with Gasteiger partial charge in [0.05, 0.1) is 17.6 Å². The molecule has 0 fully saturated rings. The first-order valence-corrected chi connectivity index (χ1v) is 11.2. The molecule has 1 unspecified atom stereocenters. The van der Waals surface area contributed by atoms with Crippen molar-refractivity contribution in [2.75, 3.05) is 6.61 Å². The largest absolute Gasteiger partial charge is 0.464 e. The van der Waals surface area contributed by atoms with Crippen LogP contribution in [-0.2, 0) is 27.2 Å². The molecule has 6 heteroatoms. The SMILES string of the molecule is CCOC(=O)C(Cc1ccccc1)NC(=O)CCc1nc2ccccc2n1-c1ccccc1. The first-order valence-electron chi connectivity index (χ1n) is 11.2. The lowest BCUT2D eigenvalue weighted by Crippen LogP contribution is -2.43. The summed E-state index contributed by atoms with van der Waals surface area (Å²) >= 11 is 0. The van der Waals surface area contributed by atoms with Crippen LogP contribution in [0.15, 0.2) is 84.9 Å². The van der Waals surface area contributed by atoms with E-state index >= 15 is 0 Å². The molecular formula is C27H27N3O3. The number of aromatic nitrogens is 2. The molecule has 0 saturated heterocycles. The topological polar surface area (TPSA) is 73.2 Å². The van der Waals surface area contributed by atoms with E-state index in [1.807, 2.05) is 84.9 Å². The van der Waals surface area contributed by atoms with Crippen molar-refractivity contribution in [3.8, 4) is 5.69 Å². The number of amides is 1. The van der Waals surface area contributed by atoms with E-state index in [4.69, 9.17) is 9.72 Å². The van der Waals surface area contributed by atoms with Crippen LogP contribution in [0.3, 0.4) is 0 Å². The van der Waals surface area contributed by atoms with Crippen molar-refractivity contribution in [3.63, 3.8) is 0 Å².